The van der Waals surface area contributed by atoms with Crippen LogP contribution in [0.3, 0.4) is 0 Å². The maximum atomic E-state index is 12.5. The Morgan fingerprint density at radius 2 is 1.88 bits per heavy atom. The first-order valence-corrected chi connectivity index (χ1v) is 8.75. The van der Waals surface area contributed by atoms with Crippen molar-refractivity contribution in [1.82, 2.24) is 10.2 Å². The monoisotopic (exact) mass is 374 g/mol. The summed E-state index contributed by atoms with van der Waals surface area (Å²) in [4.78, 5) is 13.5. The highest BCUT2D eigenvalue weighted by molar-refractivity contribution is 5.74. The molecule has 1 aliphatic carbocycles. The quantitative estimate of drug-likeness (QED) is 0.802. The molecule has 0 heterocycles. The van der Waals surface area contributed by atoms with E-state index in [4.69, 9.17) is 4.74 Å². The van der Waals surface area contributed by atoms with Crippen LogP contribution in [-0.2, 0) is 6.18 Å². The van der Waals surface area contributed by atoms with Gasteiger partial charge in [0.25, 0.3) is 0 Å². The Balaban J connectivity index is 1.73. The van der Waals surface area contributed by atoms with Crippen LogP contribution in [0.25, 0.3) is 0 Å². The van der Waals surface area contributed by atoms with E-state index < -0.39 is 17.8 Å². The van der Waals surface area contributed by atoms with E-state index >= 15 is 0 Å². The number of ether oxygens (including phenoxy) is 1. The van der Waals surface area contributed by atoms with Crippen molar-refractivity contribution in [1.29, 1.82) is 0 Å². The average molecular weight is 374 g/mol. The Hall–Kier alpha value is -1.96. The second kappa shape index (κ2) is 9.12. The van der Waals surface area contributed by atoms with E-state index in [-0.39, 0.29) is 31.0 Å². The van der Waals surface area contributed by atoms with E-state index in [0.717, 1.165) is 37.8 Å². The number of alkyl halides is 3. The second-order valence-electron chi connectivity index (χ2n) is 6.65. The lowest BCUT2D eigenvalue weighted by Crippen LogP contribution is -2.46. The fourth-order valence-electron chi connectivity index (χ4n) is 2.92. The fraction of sp³-hybridized carbons (Fsp3) is 0.611. The highest BCUT2D eigenvalue weighted by Crippen LogP contribution is 2.30. The lowest BCUT2D eigenvalue weighted by atomic mass is 9.96. The number of urea groups is 1. The van der Waals surface area contributed by atoms with Gasteiger partial charge in [-0.1, -0.05) is 19.3 Å². The van der Waals surface area contributed by atoms with Crippen molar-refractivity contribution >= 4 is 6.03 Å². The summed E-state index contributed by atoms with van der Waals surface area (Å²) in [6, 6.07) is 4.19. The average Bonchev–Trinajstić information content (AvgIpc) is 2.60. The third-order valence-corrected chi connectivity index (χ3v) is 4.39. The van der Waals surface area contributed by atoms with E-state index in [1.54, 1.807) is 7.05 Å². The highest BCUT2D eigenvalue weighted by Gasteiger charge is 2.30. The van der Waals surface area contributed by atoms with Gasteiger partial charge in [0.15, 0.2) is 0 Å². The molecule has 26 heavy (non-hydrogen) atoms. The molecule has 0 saturated heterocycles. The van der Waals surface area contributed by atoms with Gasteiger partial charge in [0.2, 0.25) is 0 Å². The molecule has 0 bridgehead atoms. The number of benzene rings is 1. The minimum Gasteiger partial charge on any atom is -0.491 e. The van der Waals surface area contributed by atoms with Crippen molar-refractivity contribution in [3.63, 3.8) is 0 Å². The molecule has 0 radical (unpaired) electrons. The van der Waals surface area contributed by atoms with Crippen LogP contribution >= 0.6 is 0 Å². The van der Waals surface area contributed by atoms with Crippen LogP contribution in [0.1, 0.15) is 37.7 Å². The standard InChI is InChI=1S/C18H25F3N2O3/c1-23(17(25)22-14-5-3-2-4-6-14)11-15(24)12-26-16-9-7-13(8-10-16)18(19,20)21/h7-10,14-15,24H,2-6,11-12H2,1H3,(H,22,25)/t15-/m0/s1. The lowest BCUT2D eigenvalue weighted by Gasteiger charge is -2.27. The van der Waals surface area contributed by atoms with Crippen LogP contribution in [-0.4, -0.2) is 48.4 Å². The number of rotatable bonds is 6. The van der Waals surface area contributed by atoms with Gasteiger partial charge in [0.1, 0.15) is 18.5 Å². The molecule has 2 amide bonds. The van der Waals surface area contributed by atoms with Crippen LogP contribution in [0, 0.1) is 0 Å². The molecule has 0 unspecified atom stereocenters. The van der Waals surface area contributed by atoms with Gasteiger partial charge < -0.3 is 20.1 Å². The Bertz CT molecular complexity index is 572. The van der Waals surface area contributed by atoms with Gasteiger partial charge in [-0.3, -0.25) is 0 Å². The van der Waals surface area contributed by atoms with Crippen LogP contribution in [0.4, 0.5) is 18.0 Å². The Morgan fingerprint density at radius 1 is 1.27 bits per heavy atom. The largest absolute Gasteiger partial charge is 0.491 e. The van der Waals surface area contributed by atoms with E-state index in [0.29, 0.717) is 0 Å². The smallest absolute Gasteiger partial charge is 0.416 e. The summed E-state index contributed by atoms with van der Waals surface area (Å²) in [6.45, 7) is -0.0500. The van der Waals surface area contributed by atoms with Gasteiger partial charge in [0.05, 0.1) is 12.1 Å². The number of hydrogen-bond acceptors (Lipinski definition) is 3. The van der Waals surface area contributed by atoms with Crippen molar-refractivity contribution in [3.8, 4) is 5.75 Å². The Kier molecular flexibility index (Phi) is 7.14. The van der Waals surface area contributed by atoms with Gasteiger partial charge in [-0.25, -0.2) is 4.79 Å². The summed E-state index contributed by atoms with van der Waals surface area (Å²) in [5.74, 6) is 0.228. The summed E-state index contributed by atoms with van der Waals surface area (Å²) >= 11 is 0. The molecule has 1 aromatic rings. The van der Waals surface area contributed by atoms with Crippen LogP contribution < -0.4 is 10.1 Å². The summed E-state index contributed by atoms with van der Waals surface area (Å²) in [5.41, 5.74) is -0.760. The molecule has 2 N–H and O–H groups in total. The molecule has 1 aromatic carbocycles. The maximum Gasteiger partial charge on any atom is 0.416 e. The number of aliphatic hydroxyl groups excluding tert-OH is 1. The fourth-order valence-corrected chi connectivity index (χ4v) is 2.92. The van der Waals surface area contributed by atoms with Gasteiger partial charge in [-0.05, 0) is 37.1 Å². The molecule has 1 atom stereocenters. The van der Waals surface area contributed by atoms with E-state index in [1.807, 2.05) is 0 Å². The number of carbonyl (C=O) groups excluding carboxylic acids is 1. The number of nitrogens with zero attached hydrogens (tertiary/aromatic N) is 1. The number of nitrogens with one attached hydrogen (secondary N) is 1. The molecule has 8 heteroatoms. The van der Waals surface area contributed by atoms with E-state index in [9.17, 15) is 23.1 Å². The predicted molar refractivity (Wildman–Crippen MR) is 91.0 cm³/mol. The van der Waals surface area contributed by atoms with Crippen molar-refractivity contribution in [2.45, 2.75) is 50.4 Å². The molecule has 0 aliphatic heterocycles. The highest BCUT2D eigenvalue weighted by atomic mass is 19.4. The Labute approximate surface area is 151 Å². The van der Waals surface area contributed by atoms with Crippen molar-refractivity contribution < 1.29 is 27.8 Å². The topological polar surface area (TPSA) is 61.8 Å². The van der Waals surface area contributed by atoms with Crippen molar-refractivity contribution in [2.75, 3.05) is 20.2 Å². The lowest BCUT2D eigenvalue weighted by molar-refractivity contribution is -0.137. The normalized spacial score (nSPS) is 16.8. The summed E-state index contributed by atoms with van der Waals surface area (Å²) in [5, 5.41) is 12.9. The summed E-state index contributed by atoms with van der Waals surface area (Å²) in [6.07, 6.45) is 0.0168. The molecular formula is C18H25F3N2O3. The third kappa shape index (κ3) is 6.40. The predicted octanol–water partition coefficient (Wildman–Crippen LogP) is 3.42. The van der Waals surface area contributed by atoms with Crippen molar-refractivity contribution in [2.24, 2.45) is 0 Å². The van der Waals surface area contributed by atoms with Crippen molar-refractivity contribution in [3.05, 3.63) is 29.8 Å². The van der Waals surface area contributed by atoms with Gasteiger partial charge in [0, 0.05) is 13.1 Å². The first-order chi connectivity index (χ1) is 12.3. The molecule has 1 fully saturated rings. The number of amides is 2. The third-order valence-electron chi connectivity index (χ3n) is 4.39. The molecule has 146 valence electrons. The number of hydrogen-bond donors (Lipinski definition) is 2. The number of carbonyl (C=O) groups is 1. The molecule has 0 aromatic heterocycles. The molecule has 0 spiro atoms. The molecule has 5 nitrogen and oxygen atoms in total. The summed E-state index contributed by atoms with van der Waals surface area (Å²) in [7, 11) is 1.58. The molecular weight excluding hydrogens is 349 g/mol. The first-order valence-electron chi connectivity index (χ1n) is 8.75. The molecule has 2 rings (SSSR count). The van der Waals surface area contributed by atoms with E-state index in [2.05, 4.69) is 5.32 Å². The minimum absolute atomic E-state index is 0.0686. The van der Waals surface area contributed by atoms with Crippen LogP contribution in [0.15, 0.2) is 24.3 Å². The zero-order valence-electron chi connectivity index (χ0n) is 14.8. The second-order valence-corrected chi connectivity index (χ2v) is 6.65. The number of aliphatic hydroxyl groups is 1. The Morgan fingerprint density at radius 3 is 2.46 bits per heavy atom. The SMILES string of the molecule is CN(C[C@H](O)COc1ccc(C(F)(F)F)cc1)C(=O)NC1CCCCC1. The van der Waals surface area contributed by atoms with Gasteiger partial charge in [-0.15, -0.1) is 0 Å². The van der Waals surface area contributed by atoms with E-state index in [1.165, 1.54) is 23.5 Å². The van der Waals surface area contributed by atoms with Gasteiger partial charge >= 0.3 is 12.2 Å². The maximum absolute atomic E-state index is 12.5. The number of likely N-dealkylation sites (N-methyl/N-ethyl adjacent to an activating group) is 1. The van der Waals surface area contributed by atoms with Crippen LogP contribution in [0.2, 0.25) is 0 Å². The first kappa shape index (κ1) is 20.4. The molecule has 1 aliphatic rings. The summed E-state index contributed by atoms with van der Waals surface area (Å²) < 4.78 is 42.8. The minimum atomic E-state index is -4.40. The molecule has 1 saturated carbocycles. The van der Waals surface area contributed by atoms with Gasteiger partial charge in [-0.2, -0.15) is 13.2 Å². The zero-order chi connectivity index (χ0) is 19.2. The number of halogens is 3. The van der Waals surface area contributed by atoms with Crippen LogP contribution in [0.5, 0.6) is 5.75 Å². The zero-order valence-corrected chi connectivity index (χ0v) is 14.8.